The van der Waals surface area contributed by atoms with Crippen molar-refractivity contribution in [3.8, 4) is 0 Å². The molecule has 1 aromatic rings. The van der Waals surface area contributed by atoms with E-state index in [2.05, 4.69) is 47.8 Å². The van der Waals surface area contributed by atoms with Crippen molar-refractivity contribution < 1.29 is 24.2 Å². The van der Waals surface area contributed by atoms with E-state index >= 15 is 4.79 Å². The predicted octanol–water partition coefficient (Wildman–Crippen LogP) is 5.61. The molecule has 0 aromatic heterocycles. The third-order valence-corrected chi connectivity index (χ3v) is 10.5. The number of anilines is 1. The third-order valence-electron chi connectivity index (χ3n) is 10.5. The second-order valence-electron chi connectivity index (χ2n) is 15.5. The number of carbonyl (C=O) groups excluding carboxylic acids is 3. The zero-order chi connectivity index (χ0) is 33.5. The maximum absolute atomic E-state index is 15.1. The standard InChI is InChI=1S/C37H55N3O5/c1-11-21-38(26-17-15-14-16-18-26)31(42)28-29-32(43)40(27(23-41)25(4)13-3)30(37(29)20-19-36(28,10)45-37)33(44)39(22-12-2)35(8,9)24-34(5,6)7/h11-12,14-18,25,27-30,41H,1-2,13,19-24H2,3-10H3/t25-,27-,28+,29-,30?,36-,37?/m0/s1. The largest absolute Gasteiger partial charge is 0.394 e. The van der Waals surface area contributed by atoms with Gasteiger partial charge in [-0.25, -0.2) is 0 Å². The third kappa shape index (κ3) is 6.00. The summed E-state index contributed by atoms with van der Waals surface area (Å²) in [5.74, 6) is -2.45. The summed E-state index contributed by atoms with van der Waals surface area (Å²) in [4.78, 5) is 49.8. The van der Waals surface area contributed by atoms with E-state index in [-0.39, 0.29) is 42.2 Å². The van der Waals surface area contributed by atoms with Gasteiger partial charge in [-0.15, -0.1) is 13.2 Å². The highest BCUT2D eigenvalue weighted by molar-refractivity contribution is 6.03. The molecule has 0 radical (unpaired) electrons. The molecule has 8 heteroatoms. The smallest absolute Gasteiger partial charge is 0.249 e. The number of carbonyl (C=O) groups is 3. The van der Waals surface area contributed by atoms with Crippen LogP contribution in [0.3, 0.4) is 0 Å². The lowest BCUT2D eigenvalue weighted by Gasteiger charge is -2.47. The molecule has 3 saturated heterocycles. The zero-order valence-electron chi connectivity index (χ0n) is 28.7. The second-order valence-corrected chi connectivity index (χ2v) is 15.5. The van der Waals surface area contributed by atoms with Gasteiger partial charge in [0.05, 0.1) is 30.1 Å². The van der Waals surface area contributed by atoms with Crippen LogP contribution >= 0.6 is 0 Å². The molecule has 8 nitrogen and oxygen atoms in total. The predicted molar refractivity (Wildman–Crippen MR) is 178 cm³/mol. The van der Waals surface area contributed by atoms with E-state index in [0.717, 1.165) is 6.42 Å². The average molecular weight is 622 g/mol. The number of hydrogen-bond acceptors (Lipinski definition) is 5. The number of rotatable bonds is 13. The van der Waals surface area contributed by atoms with E-state index < -0.39 is 40.7 Å². The van der Waals surface area contributed by atoms with E-state index in [0.29, 0.717) is 31.5 Å². The molecule has 7 atom stereocenters. The van der Waals surface area contributed by atoms with Gasteiger partial charge in [-0.05, 0) is 63.5 Å². The number of ether oxygens (including phenoxy) is 1. The highest BCUT2D eigenvalue weighted by Gasteiger charge is 2.79. The molecule has 45 heavy (non-hydrogen) atoms. The molecule has 0 saturated carbocycles. The molecule has 248 valence electrons. The van der Waals surface area contributed by atoms with Crippen LogP contribution < -0.4 is 4.90 Å². The van der Waals surface area contributed by atoms with Crippen molar-refractivity contribution in [1.29, 1.82) is 0 Å². The molecule has 2 unspecified atom stereocenters. The number of aliphatic hydroxyl groups excluding tert-OH is 1. The number of amides is 3. The molecule has 1 spiro atoms. The molecule has 3 amide bonds. The Balaban J connectivity index is 1.88. The molecule has 3 aliphatic rings. The van der Waals surface area contributed by atoms with Gasteiger partial charge in [-0.3, -0.25) is 14.4 Å². The Kier molecular flexibility index (Phi) is 9.83. The van der Waals surface area contributed by atoms with E-state index in [1.807, 2.05) is 56.0 Å². The summed E-state index contributed by atoms with van der Waals surface area (Å²) in [6, 6.07) is 7.81. The maximum Gasteiger partial charge on any atom is 0.249 e. The fourth-order valence-corrected chi connectivity index (χ4v) is 8.72. The van der Waals surface area contributed by atoms with Crippen molar-refractivity contribution in [2.24, 2.45) is 23.2 Å². The van der Waals surface area contributed by atoms with Crippen molar-refractivity contribution in [2.75, 3.05) is 24.6 Å². The lowest BCUT2D eigenvalue weighted by atomic mass is 9.65. The number of hydrogen-bond donors (Lipinski definition) is 1. The van der Waals surface area contributed by atoms with Crippen LogP contribution in [0.5, 0.6) is 0 Å². The minimum atomic E-state index is -1.20. The first-order valence-electron chi connectivity index (χ1n) is 16.6. The first-order chi connectivity index (χ1) is 21.0. The number of aliphatic hydroxyl groups is 1. The van der Waals surface area contributed by atoms with E-state index in [1.165, 1.54) is 0 Å². The summed E-state index contributed by atoms with van der Waals surface area (Å²) in [5.41, 5.74) is -2.05. The fraction of sp³-hybridized carbons (Fsp3) is 0.649. The Hall–Kier alpha value is -2.97. The number of benzene rings is 1. The Bertz CT molecular complexity index is 1290. The topological polar surface area (TPSA) is 90.4 Å². The van der Waals surface area contributed by atoms with Gasteiger partial charge in [0, 0.05) is 24.3 Å². The number of nitrogens with zero attached hydrogens (tertiary/aromatic N) is 3. The van der Waals surface area contributed by atoms with Crippen LogP contribution in [0.1, 0.15) is 81.1 Å². The summed E-state index contributed by atoms with van der Waals surface area (Å²) < 4.78 is 6.96. The summed E-state index contributed by atoms with van der Waals surface area (Å²) in [6.45, 7) is 24.6. The van der Waals surface area contributed by atoms with Gasteiger partial charge in [0.2, 0.25) is 17.7 Å². The zero-order valence-corrected chi connectivity index (χ0v) is 28.7. The van der Waals surface area contributed by atoms with E-state index in [4.69, 9.17) is 4.74 Å². The van der Waals surface area contributed by atoms with Crippen LogP contribution in [-0.2, 0) is 19.1 Å². The number of para-hydroxylation sites is 1. The molecule has 3 heterocycles. The Labute approximate surface area is 270 Å². The first-order valence-corrected chi connectivity index (χ1v) is 16.6. The first kappa shape index (κ1) is 34.9. The molecule has 4 rings (SSSR count). The van der Waals surface area contributed by atoms with E-state index in [1.54, 1.807) is 22.0 Å². The average Bonchev–Trinajstić information content (AvgIpc) is 3.54. The maximum atomic E-state index is 15.1. The molecule has 1 N–H and O–H groups in total. The lowest BCUT2D eigenvalue weighted by Crippen LogP contribution is -2.63. The highest BCUT2D eigenvalue weighted by Crippen LogP contribution is 2.64. The normalized spacial score (nSPS) is 28.9. The molecule has 1 aromatic carbocycles. The van der Waals surface area contributed by atoms with Crippen LogP contribution in [0.15, 0.2) is 55.6 Å². The molecule has 2 bridgehead atoms. The van der Waals surface area contributed by atoms with Crippen LogP contribution in [0.25, 0.3) is 0 Å². The minimum Gasteiger partial charge on any atom is -0.394 e. The SMILES string of the molecule is C=CCN(C(=O)[C@H]1[C@H]2C(=O)N([C@@H](CO)[C@@H](C)CC)C(C(=O)N(CC=C)C(C)(C)CC(C)(C)C)C23CC[C@]1(C)O3)c1ccccc1. The van der Waals surface area contributed by atoms with Crippen molar-refractivity contribution in [3.63, 3.8) is 0 Å². The Morgan fingerprint density at radius 1 is 1.09 bits per heavy atom. The van der Waals surface area contributed by atoms with Crippen molar-refractivity contribution in [1.82, 2.24) is 9.80 Å². The van der Waals surface area contributed by atoms with Gasteiger partial charge < -0.3 is 24.5 Å². The molecule has 3 aliphatic heterocycles. The van der Waals surface area contributed by atoms with Crippen molar-refractivity contribution in [2.45, 2.75) is 110 Å². The monoisotopic (exact) mass is 621 g/mol. The molecular weight excluding hydrogens is 566 g/mol. The van der Waals surface area contributed by atoms with Gasteiger partial charge in [0.25, 0.3) is 0 Å². The summed E-state index contributed by atoms with van der Waals surface area (Å²) in [5, 5.41) is 10.8. The molecule has 0 aliphatic carbocycles. The van der Waals surface area contributed by atoms with Gasteiger partial charge in [-0.2, -0.15) is 0 Å². The summed E-state index contributed by atoms with van der Waals surface area (Å²) >= 11 is 0. The van der Waals surface area contributed by atoms with Crippen LogP contribution in [-0.4, -0.2) is 81.1 Å². The van der Waals surface area contributed by atoms with Crippen LogP contribution in [0, 0.1) is 23.2 Å². The van der Waals surface area contributed by atoms with E-state index in [9.17, 15) is 14.7 Å². The number of likely N-dealkylation sites (tertiary alicyclic amines) is 1. The molecular formula is C37H55N3O5. The summed E-state index contributed by atoms with van der Waals surface area (Å²) in [6.07, 6.45) is 5.86. The summed E-state index contributed by atoms with van der Waals surface area (Å²) in [7, 11) is 0. The van der Waals surface area contributed by atoms with Gasteiger partial charge >= 0.3 is 0 Å². The Morgan fingerprint density at radius 2 is 1.71 bits per heavy atom. The highest BCUT2D eigenvalue weighted by atomic mass is 16.5. The van der Waals surface area contributed by atoms with Crippen LogP contribution in [0.4, 0.5) is 5.69 Å². The van der Waals surface area contributed by atoms with Crippen molar-refractivity contribution in [3.05, 3.63) is 55.6 Å². The lowest BCUT2D eigenvalue weighted by molar-refractivity contribution is -0.160. The van der Waals surface area contributed by atoms with Gasteiger partial charge in [0.1, 0.15) is 11.6 Å². The fourth-order valence-electron chi connectivity index (χ4n) is 8.72. The number of fused-ring (bicyclic) bond motifs is 1. The van der Waals surface area contributed by atoms with Gasteiger partial charge in [-0.1, -0.05) is 71.4 Å². The van der Waals surface area contributed by atoms with Gasteiger partial charge in [0.15, 0.2) is 0 Å². The quantitative estimate of drug-likeness (QED) is 0.290. The van der Waals surface area contributed by atoms with Crippen LogP contribution in [0.2, 0.25) is 0 Å². The Morgan fingerprint density at radius 3 is 2.24 bits per heavy atom. The molecule has 3 fully saturated rings. The van der Waals surface area contributed by atoms with Crippen molar-refractivity contribution >= 4 is 23.4 Å². The second kappa shape index (κ2) is 12.7. The minimum absolute atomic E-state index is 0.0705.